The largest absolute Gasteiger partial charge is 0.384 e. The number of ether oxygens (including phenoxy) is 1. The average molecular weight is 344 g/mol. The zero-order valence-corrected chi connectivity index (χ0v) is 12.2. The van der Waals surface area contributed by atoms with Gasteiger partial charge in [0, 0.05) is 12.7 Å². The Bertz CT molecular complexity index is 416. The minimum absolute atomic E-state index is 0.278. The maximum absolute atomic E-state index is 12.5. The first-order valence-corrected chi connectivity index (χ1v) is 7.44. The lowest BCUT2D eigenvalue weighted by Crippen LogP contribution is -2.33. The molecule has 0 aliphatic heterocycles. The number of hydrogen-bond donors (Lipinski definition) is 0. The Labute approximate surface area is 116 Å². The highest BCUT2D eigenvalue weighted by Crippen LogP contribution is 2.40. The van der Waals surface area contributed by atoms with Gasteiger partial charge in [-0.15, -0.1) is 0 Å². The number of carbonyl (C=O) groups excluding carboxylic acids is 1. The van der Waals surface area contributed by atoms with Gasteiger partial charge in [-0.25, -0.2) is 0 Å². The van der Waals surface area contributed by atoms with Crippen LogP contribution in [0.15, 0.2) is 24.3 Å². The monoisotopic (exact) mass is 344 g/mol. The van der Waals surface area contributed by atoms with Crippen LogP contribution in [0.5, 0.6) is 0 Å². The van der Waals surface area contributed by atoms with Gasteiger partial charge >= 0.3 is 0 Å². The van der Waals surface area contributed by atoms with Gasteiger partial charge in [-0.3, -0.25) is 4.79 Å². The highest BCUT2D eigenvalue weighted by atomic mass is 127. The van der Waals surface area contributed by atoms with Gasteiger partial charge in [0.15, 0.2) is 5.78 Å². The van der Waals surface area contributed by atoms with Crippen LogP contribution in [0.1, 0.15) is 28.8 Å². The van der Waals surface area contributed by atoms with Crippen LogP contribution < -0.4 is 0 Å². The maximum Gasteiger partial charge on any atom is 0.171 e. The van der Waals surface area contributed by atoms with Gasteiger partial charge in [-0.1, -0.05) is 46.9 Å². The Balaban J connectivity index is 2.29. The molecule has 0 radical (unpaired) electrons. The molecule has 92 valence electrons. The molecular formula is C14H17IO2. The third-order valence-electron chi connectivity index (χ3n) is 3.48. The average Bonchev–Trinajstić information content (AvgIpc) is 2.62. The first-order valence-electron chi connectivity index (χ1n) is 5.91. The number of rotatable bonds is 5. The van der Waals surface area contributed by atoms with Crippen LogP contribution in [0, 0.1) is 5.41 Å². The quantitative estimate of drug-likeness (QED) is 0.605. The summed E-state index contributed by atoms with van der Waals surface area (Å²) in [4.78, 5) is 12.5. The van der Waals surface area contributed by atoms with Crippen LogP contribution in [0.25, 0.3) is 0 Å². The molecule has 0 aromatic heterocycles. The Morgan fingerprint density at radius 2 is 2.18 bits per heavy atom. The molecule has 1 atom stereocenters. The predicted molar refractivity (Wildman–Crippen MR) is 76.9 cm³/mol. The number of halogens is 1. The summed E-state index contributed by atoms with van der Waals surface area (Å²) in [5, 5.41) is 0. The van der Waals surface area contributed by atoms with Crippen molar-refractivity contribution in [3.63, 3.8) is 0 Å². The van der Waals surface area contributed by atoms with Crippen LogP contribution in [-0.2, 0) is 11.2 Å². The molecule has 3 heteroatoms. The lowest BCUT2D eigenvalue weighted by atomic mass is 9.80. The smallest absolute Gasteiger partial charge is 0.171 e. The van der Waals surface area contributed by atoms with Crippen LogP contribution in [-0.4, -0.2) is 23.9 Å². The van der Waals surface area contributed by atoms with Crippen LogP contribution >= 0.6 is 22.6 Å². The molecule has 0 N–H and O–H groups in total. The van der Waals surface area contributed by atoms with Crippen molar-refractivity contribution < 1.29 is 9.53 Å². The summed E-state index contributed by atoms with van der Waals surface area (Å²) >= 11 is 2.36. The number of carbonyl (C=O) groups is 1. The van der Waals surface area contributed by atoms with E-state index in [1.54, 1.807) is 7.11 Å². The van der Waals surface area contributed by atoms with Crippen molar-refractivity contribution in [3.8, 4) is 0 Å². The number of alkyl halides is 1. The van der Waals surface area contributed by atoms with E-state index in [0.717, 1.165) is 29.3 Å². The molecule has 1 aromatic carbocycles. The second-order valence-corrected chi connectivity index (χ2v) is 5.75. The van der Waals surface area contributed by atoms with E-state index in [2.05, 4.69) is 28.7 Å². The van der Waals surface area contributed by atoms with E-state index in [9.17, 15) is 4.79 Å². The van der Waals surface area contributed by atoms with Crippen LogP contribution in [0.2, 0.25) is 0 Å². The minimum atomic E-state index is -0.302. The van der Waals surface area contributed by atoms with Crippen molar-refractivity contribution in [2.75, 3.05) is 18.1 Å². The fraction of sp³-hybridized carbons (Fsp3) is 0.500. The molecule has 17 heavy (non-hydrogen) atoms. The summed E-state index contributed by atoms with van der Waals surface area (Å²) in [5.41, 5.74) is 1.78. The van der Waals surface area contributed by atoms with E-state index >= 15 is 0 Å². The second-order valence-electron chi connectivity index (χ2n) is 4.67. The van der Waals surface area contributed by atoms with Crippen molar-refractivity contribution in [1.82, 2.24) is 0 Å². The molecule has 0 amide bonds. The van der Waals surface area contributed by atoms with Gasteiger partial charge in [0.25, 0.3) is 0 Å². The van der Waals surface area contributed by atoms with E-state index in [1.807, 2.05) is 18.2 Å². The number of hydrogen-bond acceptors (Lipinski definition) is 2. The van der Waals surface area contributed by atoms with Gasteiger partial charge < -0.3 is 4.74 Å². The zero-order valence-electron chi connectivity index (χ0n) is 10.0. The van der Waals surface area contributed by atoms with Crippen molar-refractivity contribution in [3.05, 3.63) is 35.4 Å². The first-order chi connectivity index (χ1) is 8.23. The Morgan fingerprint density at radius 3 is 2.82 bits per heavy atom. The summed E-state index contributed by atoms with van der Waals surface area (Å²) in [5.74, 6) is 0.278. The zero-order chi connectivity index (χ0) is 12.3. The number of ketones is 1. The normalized spacial score (nSPS) is 22.8. The van der Waals surface area contributed by atoms with Crippen LogP contribution in [0.4, 0.5) is 0 Å². The molecule has 0 fully saturated rings. The van der Waals surface area contributed by atoms with Crippen molar-refractivity contribution in [2.45, 2.75) is 19.3 Å². The van der Waals surface area contributed by atoms with E-state index in [0.29, 0.717) is 6.61 Å². The lowest BCUT2D eigenvalue weighted by molar-refractivity contribution is 0.0533. The summed E-state index contributed by atoms with van der Waals surface area (Å²) in [7, 11) is 1.68. The molecule has 0 bridgehead atoms. The molecule has 0 saturated carbocycles. The molecule has 0 saturated heterocycles. The molecule has 2 rings (SSSR count). The first kappa shape index (κ1) is 13.0. The van der Waals surface area contributed by atoms with Gasteiger partial charge in [0.05, 0.1) is 12.0 Å². The lowest BCUT2D eigenvalue weighted by Gasteiger charge is -2.26. The topological polar surface area (TPSA) is 26.3 Å². The van der Waals surface area contributed by atoms with E-state index in [1.165, 1.54) is 5.56 Å². The minimum Gasteiger partial charge on any atom is -0.384 e. The highest BCUT2D eigenvalue weighted by Gasteiger charge is 2.44. The number of methoxy groups -OCH3 is 1. The molecule has 1 aliphatic carbocycles. The Kier molecular flexibility index (Phi) is 4.20. The summed E-state index contributed by atoms with van der Waals surface area (Å²) in [6, 6.07) is 7.96. The summed E-state index contributed by atoms with van der Waals surface area (Å²) < 4.78 is 6.39. The van der Waals surface area contributed by atoms with Crippen molar-refractivity contribution in [1.29, 1.82) is 0 Å². The molecule has 2 nitrogen and oxygen atoms in total. The standard InChI is InChI=1S/C14H17IO2/c1-17-10-14(7-4-8-15)9-11-5-2-3-6-12(11)13(14)16/h2-3,5-6H,4,7-10H2,1H3. The van der Waals surface area contributed by atoms with Crippen LogP contribution in [0.3, 0.4) is 0 Å². The molecule has 1 aromatic rings. The summed E-state index contributed by atoms with van der Waals surface area (Å²) in [6.07, 6.45) is 2.84. The number of benzene rings is 1. The molecule has 0 heterocycles. The Hall–Kier alpha value is -0.420. The highest BCUT2D eigenvalue weighted by molar-refractivity contribution is 14.1. The molecule has 0 spiro atoms. The Morgan fingerprint density at radius 1 is 1.41 bits per heavy atom. The van der Waals surface area contributed by atoms with Gasteiger partial charge in [0.2, 0.25) is 0 Å². The van der Waals surface area contributed by atoms with Gasteiger partial charge in [-0.05, 0) is 29.3 Å². The fourth-order valence-electron chi connectivity index (χ4n) is 2.70. The van der Waals surface area contributed by atoms with Crippen molar-refractivity contribution in [2.24, 2.45) is 5.41 Å². The SMILES string of the molecule is COCC1(CCCI)Cc2ccccc2C1=O. The van der Waals surface area contributed by atoms with E-state index in [-0.39, 0.29) is 11.2 Å². The molecule has 1 unspecified atom stereocenters. The number of fused-ring (bicyclic) bond motifs is 1. The maximum atomic E-state index is 12.5. The van der Waals surface area contributed by atoms with Crippen molar-refractivity contribution >= 4 is 28.4 Å². The molecule has 1 aliphatic rings. The van der Waals surface area contributed by atoms with Gasteiger partial charge in [-0.2, -0.15) is 0 Å². The fourth-order valence-corrected chi connectivity index (χ4v) is 3.08. The predicted octanol–water partition coefficient (Wildman–Crippen LogP) is 3.27. The van der Waals surface area contributed by atoms with E-state index < -0.39 is 0 Å². The third kappa shape index (κ3) is 2.40. The van der Waals surface area contributed by atoms with Gasteiger partial charge in [0.1, 0.15) is 0 Å². The molecular weight excluding hydrogens is 327 g/mol. The number of Topliss-reactive ketones (excluding diaryl/α,β-unsaturated/α-hetero) is 1. The van der Waals surface area contributed by atoms with E-state index in [4.69, 9.17) is 4.74 Å². The second kappa shape index (κ2) is 5.48. The summed E-state index contributed by atoms with van der Waals surface area (Å²) in [6.45, 7) is 0.539. The third-order valence-corrected chi connectivity index (χ3v) is 4.24.